The molecule has 0 bridgehead atoms. The molecule has 32 heavy (non-hydrogen) atoms. The molecule has 9 atom stereocenters. The first kappa shape index (κ1) is 20.6. The third kappa shape index (κ3) is 2.48. The Balaban J connectivity index is 1.41. The number of rotatable bonds is 2. The van der Waals surface area contributed by atoms with Gasteiger partial charge in [0.1, 0.15) is 23.6 Å². The van der Waals surface area contributed by atoms with Gasteiger partial charge in [-0.3, -0.25) is 9.59 Å². The summed E-state index contributed by atoms with van der Waals surface area (Å²) in [7, 11) is 0. The predicted molar refractivity (Wildman–Crippen MR) is 115 cm³/mol. The van der Waals surface area contributed by atoms with E-state index in [4.69, 9.17) is 13.9 Å². The highest BCUT2D eigenvalue weighted by atomic mass is 16.7. The molecule has 0 amide bonds. The maximum absolute atomic E-state index is 12.2. The van der Waals surface area contributed by atoms with Crippen LogP contribution in [0.2, 0.25) is 0 Å². The fourth-order valence-electron chi connectivity index (χ4n) is 8.91. The molecule has 2 heterocycles. The summed E-state index contributed by atoms with van der Waals surface area (Å²) in [6.07, 6.45) is 7.67. The summed E-state index contributed by atoms with van der Waals surface area (Å²) in [6, 6.07) is 3.28. The zero-order chi connectivity index (χ0) is 22.5. The van der Waals surface area contributed by atoms with Crippen molar-refractivity contribution in [3.05, 3.63) is 34.4 Å². The fourth-order valence-corrected chi connectivity index (χ4v) is 8.91. The lowest BCUT2D eigenvalue weighted by Gasteiger charge is -2.60. The highest BCUT2D eigenvalue weighted by molar-refractivity contribution is 5.79. The number of ketones is 1. The van der Waals surface area contributed by atoms with Crippen LogP contribution in [0.4, 0.5) is 0 Å². The number of ether oxygens (including phenoxy) is 2. The number of esters is 1. The monoisotopic (exact) mass is 440 g/mol. The summed E-state index contributed by atoms with van der Waals surface area (Å²) in [5.74, 6) is 1.47. The first-order valence-corrected chi connectivity index (χ1v) is 12.2. The van der Waals surface area contributed by atoms with Crippen LogP contribution in [0.5, 0.6) is 0 Å². The molecule has 6 heteroatoms. The number of fused-ring (bicyclic) bond motifs is 3. The first-order valence-electron chi connectivity index (χ1n) is 12.2. The predicted octanol–water partition coefficient (Wildman–Crippen LogP) is 4.01. The molecule has 1 saturated heterocycles. The Morgan fingerprint density at radius 3 is 2.62 bits per heavy atom. The fraction of sp³-hybridized carbons (Fsp3) is 0.731. The van der Waals surface area contributed by atoms with E-state index in [1.165, 1.54) is 13.0 Å². The molecule has 5 aliphatic rings. The average Bonchev–Trinajstić information content (AvgIpc) is 3.44. The lowest BCUT2D eigenvalue weighted by Crippen LogP contribution is -2.58. The maximum Gasteiger partial charge on any atom is 0.335 e. The Morgan fingerprint density at radius 2 is 1.91 bits per heavy atom. The van der Waals surface area contributed by atoms with Crippen molar-refractivity contribution in [1.82, 2.24) is 0 Å². The molecule has 1 spiro atoms. The van der Waals surface area contributed by atoms with Crippen molar-refractivity contribution in [1.29, 1.82) is 0 Å². The molecule has 4 saturated carbocycles. The minimum atomic E-state index is -0.376. The molecule has 6 rings (SSSR count). The summed E-state index contributed by atoms with van der Waals surface area (Å²) in [6.45, 7) is 6.16. The number of hydrogen-bond donors (Lipinski definition) is 0. The van der Waals surface area contributed by atoms with E-state index in [1.54, 1.807) is 6.26 Å². The van der Waals surface area contributed by atoms with Crippen LogP contribution >= 0.6 is 0 Å². The van der Waals surface area contributed by atoms with Gasteiger partial charge in [-0.2, -0.15) is 0 Å². The van der Waals surface area contributed by atoms with Gasteiger partial charge in [-0.15, -0.1) is 0 Å². The SMILES string of the molecule is CC(=O)O[C@H]1[C@H]2O[C@]23[C@@H]2CC[C@@H]4CC(=O)CC[C@]4(C)[C@H]2CC[C@]3(C)[C@H]1c1ccc(=O)oc1. The van der Waals surface area contributed by atoms with Gasteiger partial charge in [0.15, 0.2) is 0 Å². The topological polar surface area (TPSA) is 86.1 Å². The van der Waals surface area contributed by atoms with Crippen molar-refractivity contribution in [3.8, 4) is 0 Å². The Bertz CT molecular complexity index is 1020. The highest BCUT2D eigenvalue weighted by Crippen LogP contribution is 2.78. The molecule has 0 unspecified atom stereocenters. The van der Waals surface area contributed by atoms with Crippen LogP contribution in [0.15, 0.2) is 27.6 Å². The van der Waals surface area contributed by atoms with E-state index < -0.39 is 0 Å². The normalized spacial score (nSPS) is 48.8. The van der Waals surface area contributed by atoms with E-state index in [0.29, 0.717) is 30.0 Å². The van der Waals surface area contributed by atoms with Gasteiger partial charge >= 0.3 is 11.6 Å². The Hall–Kier alpha value is -1.95. The van der Waals surface area contributed by atoms with Crippen molar-refractivity contribution >= 4 is 11.8 Å². The van der Waals surface area contributed by atoms with Gasteiger partial charge in [-0.25, -0.2) is 4.79 Å². The van der Waals surface area contributed by atoms with E-state index in [1.807, 2.05) is 6.07 Å². The van der Waals surface area contributed by atoms with E-state index in [0.717, 1.165) is 44.1 Å². The zero-order valence-corrected chi connectivity index (χ0v) is 19.1. The maximum atomic E-state index is 12.2. The Morgan fingerprint density at radius 1 is 1.09 bits per heavy atom. The van der Waals surface area contributed by atoms with Gasteiger partial charge in [-0.1, -0.05) is 13.8 Å². The molecule has 0 radical (unpaired) electrons. The molecular weight excluding hydrogens is 408 g/mol. The summed E-state index contributed by atoms with van der Waals surface area (Å²) in [5.41, 5.74) is 0.200. The number of carbonyl (C=O) groups is 2. The third-order valence-corrected chi connectivity index (χ3v) is 10.3. The second-order valence-electron chi connectivity index (χ2n) is 11.5. The standard InChI is InChI=1S/C26H32O6/c1-14(27)31-22-21(15-4-7-20(29)30-13-15)25(3)11-9-18-19(26(25)23(22)32-26)6-5-16-12-17(28)8-10-24(16,18)2/h4,7,13,16,18-19,21-23H,5-6,8-12H2,1-3H3/t16-,18+,19-,21+,22-,23-,24+,25-,26-/m1/s1. The van der Waals surface area contributed by atoms with Gasteiger partial charge in [0, 0.05) is 37.2 Å². The van der Waals surface area contributed by atoms with Crippen molar-refractivity contribution in [2.45, 2.75) is 89.4 Å². The van der Waals surface area contributed by atoms with Crippen molar-refractivity contribution in [2.75, 3.05) is 0 Å². The second kappa shape index (κ2) is 6.55. The van der Waals surface area contributed by atoms with Crippen LogP contribution in [0.3, 0.4) is 0 Å². The van der Waals surface area contributed by atoms with Crippen molar-refractivity contribution < 1.29 is 23.5 Å². The Labute approximate surface area is 188 Å². The quantitative estimate of drug-likeness (QED) is 0.510. The minimum Gasteiger partial charge on any atom is -0.459 e. The van der Waals surface area contributed by atoms with E-state index in [9.17, 15) is 14.4 Å². The van der Waals surface area contributed by atoms with E-state index in [-0.39, 0.29) is 46.2 Å². The van der Waals surface area contributed by atoms with E-state index >= 15 is 0 Å². The van der Waals surface area contributed by atoms with Gasteiger partial charge < -0.3 is 13.9 Å². The van der Waals surface area contributed by atoms with Crippen LogP contribution in [0.1, 0.15) is 77.2 Å². The summed E-state index contributed by atoms with van der Waals surface area (Å²) in [4.78, 5) is 35.9. The average molecular weight is 441 g/mol. The summed E-state index contributed by atoms with van der Waals surface area (Å²) < 4.78 is 17.8. The van der Waals surface area contributed by atoms with Crippen LogP contribution < -0.4 is 5.63 Å². The summed E-state index contributed by atoms with van der Waals surface area (Å²) >= 11 is 0. The lowest BCUT2D eigenvalue weighted by molar-refractivity contribution is -0.157. The minimum absolute atomic E-state index is 0.0612. The van der Waals surface area contributed by atoms with Crippen molar-refractivity contribution in [3.63, 3.8) is 0 Å². The van der Waals surface area contributed by atoms with Crippen LogP contribution in [-0.4, -0.2) is 29.6 Å². The smallest absolute Gasteiger partial charge is 0.335 e. The van der Waals surface area contributed by atoms with Crippen LogP contribution in [0.25, 0.3) is 0 Å². The van der Waals surface area contributed by atoms with Gasteiger partial charge in [0.05, 0.1) is 6.26 Å². The van der Waals surface area contributed by atoms with Gasteiger partial charge in [-0.05, 0) is 66.9 Å². The molecule has 0 aromatic carbocycles. The van der Waals surface area contributed by atoms with Crippen molar-refractivity contribution in [2.24, 2.45) is 28.6 Å². The van der Waals surface area contributed by atoms with Gasteiger partial charge in [0.25, 0.3) is 0 Å². The number of epoxide rings is 1. The highest BCUT2D eigenvalue weighted by Gasteiger charge is 2.84. The molecule has 1 aromatic heterocycles. The first-order chi connectivity index (χ1) is 15.2. The van der Waals surface area contributed by atoms with Crippen LogP contribution in [0, 0.1) is 28.6 Å². The molecule has 0 N–H and O–H groups in total. The number of carbonyl (C=O) groups excluding carboxylic acids is 2. The lowest BCUT2D eigenvalue weighted by atomic mass is 9.44. The summed E-state index contributed by atoms with van der Waals surface area (Å²) in [5, 5.41) is 0. The molecule has 172 valence electrons. The molecular formula is C26H32O6. The molecule has 4 aliphatic carbocycles. The molecule has 5 fully saturated rings. The third-order valence-electron chi connectivity index (χ3n) is 10.3. The van der Waals surface area contributed by atoms with Crippen LogP contribution in [-0.2, 0) is 19.1 Å². The molecule has 1 aromatic rings. The second-order valence-corrected chi connectivity index (χ2v) is 11.5. The van der Waals surface area contributed by atoms with E-state index in [2.05, 4.69) is 13.8 Å². The van der Waals surface area contributed by atoms with Gasteiger partial charge in [0.2, 0.25) is 0 Å². The number of hydrogen-bond acceptors (Lipinski definition) is 6. The Kier molecular flexibility index (Phi) is 4.23. The molecule has 6 nitrogen and oxygen atoms in total. The largest absolute Gasteiger partial charge is 0.459 e. The zero-order valence-electron chi connectivity index (χ0n) is 19.1. The number of Topliss-reactive ketones (excluding diaryl/α,β-unsaturated/α-hetero) is 1. The molecule has 1 aliphatic heterocycles.